The second kappa shape index (κ2) is 22.6. The highest BCUT2D eigenvalue weighted by atomic mass is 16.3. The minimum atomic E-state index is -0.478. The van der Waals surface area contributed by atoms with Crippen molar-refractivity contribution in [3.05, 3.63) is 0 Å². The Morgan fingerprint density at radius 2 is 0.842 bits per heavy atom. The molecule has 0 amide bonds. The van der Waals surface area contributed by atoms with Crippen LogP contribution in [-0.2, 0) is 0 Å². The predicted molar refractivity (Wildman–Crippen MR) is 177 cm³/mol. The molecule has 0 saturated carbocycles. The predicted octanol–water partition coefficient (Wildman–Crippen LogP) is 11.5. The molecule has 3 atom stereocenters. The largest absolute Gasteiger partial charge is 0.393 e. The Kier molecular flexibility index (Phi) is 26.7. The average molecular weight is 545 g/mol. The fraction of sp³-hybridized carbons (Fsp3) is 1.00. The number of hydrogen-bond acceptors (Lipinski definition) is 2. The molecule has 38 heavy (non-hydrogen) atoms. The summed E-state index contributed by atoms with van der Waals surface area (Å²) in [6.07, 6.45) is 4.43. The van der Waals surface area contributed by atoms with Gasteiger partial charge in [0.15, 0.2) is 0 Å². The van der Waals surface area contributed by atoms with Crippen molar-refractivity contribution in [2.45, 2.75) is 176 Å². The van der Waals surface area contributed by atoms with Crippen molar-refractivity contribution in [3.63, 3.8) is 0 Å². The van der Waals surface area contributed by atoms with Gasteiger partial charge in [-0.25, -0.2) is 0 Å². The van der Waals surface area contributed by atoms with Gasteiger partial charge in [0.05, 0.1) is 11.7 Å². The van der Waals surface area contributed by atoms with E-state index in [0.29, 0.717) is 29.1 Å². The molecule has 3 unspecified atom stereocenters. The lowest BCUT2D eigenvalue weighted by Crippen LogP contribution is -2.32. The van der Waals surface area contributed by atoms with Gasteiger partial charge in [-0.15, -0.1) is 0 Å². The van der Waals surface area contributed by atoms with Crippen molar-refractivity contribution >= 4 is 0 Å². The van der Waals surface area contributed by atoms with Crippen LogP contribution in [0, 0.1) is 58.7 Å². The van der Waals surface area contributed by atoms with Gasteiger partial charge in [-0.1, -0.05) is 132 Å². The summed E-state index contributed by atoms with van der Waals surface area (Å²) in [4.78, 5) is 0. The van der Waals surface area contributed by atoms with E-state index in [1.165, 1.54) is 12.8 Å². The van der Waals surface area contributed by atoms with Gasteiger partial charge >= 0.3 is 0 Å². The van der Waals surface area contributed by atoms with E-state index in [1.807, 2.05) is 20.8 Å². The van der Waals surface area contributed by atoms with Crippen LogP contribution >= 0.6 is 0 Å². The minimum absolute atomic E-state index is 0.106. The second-order valence-electron chi connectivity index (χ2n) is 16.1. The van der Waals surface area contributed by atoms with E-state index in [1.54, 1.807) is 0 Å². The first-order valence-electron chi connectivity index (χ1n) is 16.2. The molecule has 0 heterocycles. The lowest BCUT2D eigenvalue weighted by molar-refractivity contribution is -0.00532. The minimum Gasteiger partial charge on any atom is -0.393 e. The molecule has 0 rings (SSSR count). The van der Waals surface area contributed by atoms with Crippen LogP contribution in [0.1, 0.15) is 164 Å². The summed E-state index contributed by atoms with van der Waals surface area (Å²) in [6.45, 7) is 44.1. The van der Waals surface area contributed by atoms with Crippen LogP contribution < -0.4 is 0 Å². The third-order valence-corrected chi connectivity index (χ3v) is 8.03. The van der Waals surface area contributed by atoms with Crippen molar-refractivity contribution in [2.75, 3.05) is 0 Å². The Bertz CT molecular complexity index is 449. The third kappa shape index (κ3) is 30.5. The molecule has 0 fully saturated rings. The molecule has 0 aromatic carbocycles. The highest BCUT2D eigenvalue weighted by Gasteiger charge is 2.25. The van der Waals surface area contributed by atoms with E-state index in [2.05, 4.69) is 118 Å². The average Bonchev–Trinajstić information content (AvgIpc) is 2.66. The zero-order valence-corrected chi connectivity index (χ0v) is 30.5. The highest BCUT2D eigenvalue weighted by molar-refractivity contribution is 4.77. The lowest BCUT2D eigenvalue weighted by atomic mass is 9.75. The van der Waals surface area contributed by atoms with Crippen LogP contribution in [0.4, 0.5) is 0 Å². The molecule has 0 aliphatic rings. The number of aliphatic hydroxyl groups is 2. The van der Waals surface area contributed by atoms with Crippen LogP contribution in [0.25, 0.3) is 0 Å². The van der Waals surface area contributed by atoms with Crippen molar-refractivity contribution < 1.29 is 10.2 Å². The number of aliphatic hydroxyl groups excluding tert-OH is 1. The maximum atomic E-state index is 9.76. The first-order chi connectivity index (χ1) is 16.8. The Morgan fingerprint density at radius 1 is 0.474 bits per heavy atom. The van der Waals surface area contributed by atoms with E-state index in [0.717, 1.165) is 42.4 Å². The van der Waals surface area contributed by atoms with Gasteiger partial charge in [-0.05, 0) is 91.3 Å². The number of rotatable bonds is 12. The highest BCUT2D eigenvalue weighted by Crippen LogP contribution is 2.33. The molecule has 0 spiro atoms. The first kappa shape index (κ1) is 44.9. The Labute approximate surface area is 244 Å². The second-order valence-corrected chi connectivity index (χ2v) is 16.1. The molecule has 2 heteroatoms. The van der Waals surface area contributed by atoms with Crippen LogP contribution in [-0.4, -0.2) is 21.9 Å². The van der Waals surface area contributed by atoms with Crippen molar-refractivity contribution in [2.24, 2.45) is 58.7 Å². The molecule has 0 saturated heterocycles. The Hall–Kier alpha value is -0.0800. The quantitative estimate of drug-likeness (QED) is 0.256. The molecular weight excluding hydrogens is 464 g/mol. The van der Waals surface area contributed by atoms with Gasteiger partial charge in [0.2, 0.25) is 0 Å². The van der Waals surface area contributed by atoms with Crippen molar-refractivity contribution in [1.29, 1.82) is 0 Å². The van der Waals surface area contributed by atoms with Crippen molar-refractivity contribution in [1.82, 2.24) is 0 Å². The van der Waals surface area contributed by atoms with Gasteiger partial charge in [0, 0.05) is 0 Å². The van der Waals surface area contributed by atoms with E-state index >= 15 is 0 Å². The number of hydrogen-bond donors (Lipinski definition) is 2. The van der Waals surface area contributed by atoms with Gasteiger partial charge in [0.25, 0.3) is 0 Å². The molecule has 236 valence electrons. The van der Waals surface area contributed by atoms with Crippen LogP contribution in [0.5, 0.6) is 0 Å². The standard InChI is InChI=1S/C10H22.C9H20O.C9H20.C8H18O/c1-8(2)7-10(5,6)9(3)4;1-7(2)6-9(5,10)8(3)4;1-7(2)6-9(5)8(3)4;1-6(2)5-8(9)7(3)4/h8-9H,7H2,1-6H3;7-8,10H,6H2,1-5H3;7-9H,6H2,1-5H3;6-9H,5H2,1-4H3. The zero-order chi connectivity index (χ0) is 31.6. The molecule has 0 radical (unpaired) electrons. The molecule has 0 aliphatic heterocycles. The molecule has 0 bridgehead atoms. The Morgan fingerprint density at radius 3 is 0.947 bits per heavy atom. The maximum absolute atomic E-state index is 9.76. The molecule has 2 N–H and O–H groups in total. The molecule has 0 aliphatic carbocycles. The van der Waals surface area contributed by atoms with Crippen molar-refractivity contribution in [3.8, 4) is 0 Å². The fourth-order valence-corrected chi connectivity index (χ4v) is 4.12. The SMILES string of the molecule is CC(C)CC(C)(C)C(C)C.CC(C)CC(C)(O)C(C)C.CC(C)CC(C)C(C)C.CC(C)CC(O)C(C)C. The van der Waals surface area contributed by atoms with E-state index in [9.17, 15) is 10.2 Å². The summed E-state index contributed by atoms with van der Waals surface area (Å²) < 4.78 is 0. The van der Waals surface area contributed by atoms with E-state index < -0.39 is 5.60 Å². The lowest BCUT2D eigenvalue weighted by Gasteiger charge is -2.30. The topological polar surface area (TPSA) is 40.5 Å². The molecular formula is C36H80O2. The maximum Gasteiger partial charge on any atom is 0.0645 e. The summed E-state index contributed by atoms with van der Waals surface area (Å²) >= 11 is 0. The normalized spacial score (nSPS) is 15.3. The zero-order valence-electron chi connectivity index (χ0n) is 30.5. The van der Waals surface area contributed by atoms with Gasteiger partial charge in [-0.3, -0.25) is 0 Å². The monoisotopic (exact) mass is 545 g/mol. The van der Waals surface area contributed by atoms with Crippen LogP contribution in [0.3, 0.4) is 0 Å². The van der Waals surface area contributed by atoms with Gasteiger partial charge in [0.1, 0.15) is 0 Å². The smallest absolute Gasteiger partial charge is 0.0645 e. The first-order valence-corrected chi connectivity index (χ1v) is 16.2. The Balaban J connectivity index is -0.000000203. The van der Waals surface area contributed by atoms with Gasteiger partial charge < -0.3 is 10.2 Å². The fourth-order valence-electron chi connectivity index (χ4n) is 4.12. The molecule has 2 nitrogen and oxygen atoms in total. The summed E-state index contributed by atoms with van der Waals surface area (Å²) in [5.41, 5.74) is 0.0440. The summed E-state index contributed by atoms with van der Waals surface area (Å²) in [5, 5.41) is 19.1. The third-order valence-electron chi connectivity index (χ3n) is 8.03. The van der Waals surface area contributed by atoms with E-state index in [4.69, 9.17) is 0 Å². The van der Waals surface area contributed by atoms with E-state index in [-0.39, 0.29) is 6.10 Å². The molecule has 0 aromatic rings. The van der Waals surface area contributed by atoms with Crippen LogP contribution in [0.15, 0.2) is 0 Å². The summed E-state index contributed by atoms with van der Waals surface area (Å²) in [7, 11) is 0. The van der Waals surface area contributed by atoms with Crippen LogP contribution in [0.2, 0.25) is 0 Å². The summed E-state index contributed by atoms with van der Waals surface area (Å²) in [5.74, 6) is 6.20. The summed E-state index contributed by atoms with van der Waals surface area (Å²) in [6, 6.07) is 0. The van der Waals surface area contributed by atoms with Gasteiger partial charge in [-0.2, -0.15) is 0 Å². The molecule has 0 aromatic heterocycles.